The molecule has 8 heteroatoms. The summed E-state index contributed by atoms with van der Waals surface area (Å²) in [5.41, 5.74) is 6.24. The quantitative estimate of drug-likeness (QED) is 0.159. The number of unbranched alkanes of at least 4 members (excludes halogenated alkanes) is 3. The summed E-state index contributed by atoms with van der Waals surface area (Å²) in [6.45, 7) is 3.82. The Labute approximate surface area is 249 Å². The van der Waals surface area contributed by atoms with Crippen molar-refractivity contribution in [2.24, 2.45) is 29.4 Å². The summed E-state index contributed by atoms with van der Waals surface area (Å²) in [7, 11) is 1.67. The van der Waals surface area contributed by atoms with Crippen molar-refractivity contribution < 1.29 is 28.9 Å². The van der Waals surface area contributed by atoms with Crippen LogP contribution in [0.4, 0.5) is 0 Å². The zero-order valence-electron chi connectivity index (χ0n) is 26.2. The normalized spacial score (nSPS) is 30.9. The number of aliphatic hydroxyl groups excluding tert-OH is 1. The summed E-state index contributed by atoms with van der Waals surface area (Å²) in [5.74, 6) is 1.53. The zero-order valence-corrected chi connectivity index (χ0v) is 26.2. The first-order valence-corrected chi connectivity index (χ1v) is 16.8. The summed E-state index contributed by atoms with van der Waals surface area (Å²) < 4.78 is 17.2. The Bertz CT molecular complexity index is 760. The van der Waals surface area contributed by atoms with Crippen molar-refractivity contribution in [1.29, 1.82) is 0 Å². The minimum absolute atomic E-state index is 0.00256. The maximum Gasteiger partial charge on any atom is 0.302 e. The highest BCUT2D eigenvalue weighted by molar-refractivity contribution is 5.66. The average Bonchev–Trinajstić information content (AvgIpc) is 2.93. The van der Waals surface area contributed by atoms with E-state index in [4.69, 9.17) is 19.9 Å². The van der Waals surface area contributed by atoms with Crippen molar-refractivity contribution >= 4 is 11.9 Å². The van der Waals surface area contributed by atoms with Crippen LogP contribution in [0.15, 0.2) is 0 Å². The van der Waals surface area contributed by atoms with Gasteiger partial charge >= 0.3 is 11.9 Å². The van der Waals surface area contributed by atoms with Gasteiger partial charge in [-0.05, 0) is 81.6 Å². The van der Waals surface area contributed by atoms with Crippen LogP contribution >= 0.6 is 0 Å². The minimum Gasteiger partial charge on any atom is -0.462 e. The van der Waals surface area contributed by atoms with Gasteiger partial charge in [0.2, 0.25) is 0 Å². The highest BCUT2D eigenvalue weighted by Gasteiger charge is 2.41. The fourth-order valence-electron chi connectivity index (χ4n) is 8.03. The Balaban J connectivity index is 1.53. The molecule has 0 aromatic heterocycles. The number of hydrogen-bond acceptors (Lipinski definition) is 8. The molecule has 238 valence electrons. The monoisotopic (exact) mass is 580 g/mol. The second-order valence-electron chi connectivity index (χ2n) is 13.4. The Morgan fingerprint density at radius 2 is 1.56 bits per heavy atom. The van der Waals surface area contributed by atoms with Gasteiger partial charge in [-0.15, -0.1) is 0 Å². The van der Waals surface area contributed by atoms with E-state index in [0.29, 0.717) is 30.6 Å². The number of carbonyl (C=O) groups excluding carboxylic acids is 2. The first-order chi connectivity index (χ1) is 19.7. The number of nitrogens with one attached hydrogen (secondary N) is 1. The lowest BCUT2D eigenvalue weighted by Crippen LogP contribution is -2.49. The van der Waals surface area contributed by atoms with E-state index >= 15 is 0 Å². The van der Waals surface area contributed by atoms with Crippen molar-refractivity contribution in [3.05, 3.63) is 0 Å². The number of carbonyl (C=O) groups is 2. The molecule has 0 bridgehead atoms. The van der Waals surface area contributed by atoms with Gasteiger partial charge in [0.15, 0.2) is 0 Å². The van der Waals surface area contributed by atoms with Gasteiger partial charge in [-0.3, -0.25) is 9.59 Å². The van der Waals surface area contributed by atoms with Crippen LogP contribution in [0.3, 0.4) is 0 Å². The van der Waals surface area contributed by atoms with Gasteiger partial charge in [0.1, 0.15) is 12.2 Å². The van der Waals surface area contributed by atoms with Gasteiger partial charge in [0, 0.05) is 27.4 Å². The average molecular weight is 581 g/mol. The Morgan fingerprint density at radius 1 is 0.878 bits per heavy atom. The predicted octanol–water partition coefficient (Wildman–Crippen LogP) is 5.63. The Hall–Kier alpha value is -1.22. The fourth-order valence-corrected chi connectivity index (χ4v) is 8.03. The molecule has 2 saturated carbocycles. The summed E-state index contributed by atoms with van der Waals surface area (Å²) in [6.07, 6.45) is 18.3. The topological polar surface area (TPSA) is 120 Å². The molecule has 0 spiro atoms. The van der Waals surface area contributed by atoms with Gasteiger partial charge in [-0.2, -0.15) is 0 Å². The molecule has 8 nitrogen and oxygen atoms in total. The van der Waals surface area contributed by atoms with Crippen LogP contribution in [0.25, 0.3) is 0 Å². The molecule has 3 aliphatic rings. The van der Waals surface area contributed by atoms with E-state index in [1.54, 1.807) is 7.11 Å². The lowest BCUT2D eigenvalue weighted by atomic mass is 9.66. The second kappa shape index (κ2) is 18.4. The van der Waals surface area contributed by atoms with Crippen LogP contribution in [-0.2, 0) is 23.8 Å². The number of rotatable bonds is 16. The van der Waals surface area contributed by atoms with E-state index in [9.17, 15) is 14.7 Å². The van der Waals surface area contributed by atoms with Crippen molar-refractivity contribution in [3.8, 4) is 0 Å². The Morgan fingerprint density at radius 3 is 2.22 bits per heavy atom. The third-order valence-electron chi connectivity index (χ3n) is 10.1. The molecule has 1 heterocycles. The Kier molecular flexibility index (Phi) is 15.4. The highest BCUT2D eigenvalue weighted by atomic mass is 16.6. The molecule has 0 aromatic rings. The van der Waals surface area contributed by atoms with Crippen molar-refractivity contribution in [2.75, 3.05) is 13.7 Å². The molecule has 8 atom stereocenters. The lowest BCUT2D eigenvalue weighted by molar-refractivity contribution is -0.153. The van der Waals surface area contributed by atoms with Gasteiger partial charge < -0.3 is 30.4 Å². The van der Waals surface area contributed by atoms with Gasteiger partial charge in [-0.25, -0.2) is 0 Å². The van der Waals surface area contributed by atoms with Crippen LogP contribution in [0.2, 0.25) is 0 Å². The van der Waals surface area contributed by atoms with Crippen LogP contribution < -0.4 is 11.1 Å². The SMILES string of the molecule is COC1CC(CCC(CC(CCCCCCC2CCCCC2)OC(C)=O)OC(C)=O)C(C2CCNC(N)C2)CC1O. The maximum atomic E-state index is 12.1. The van der Waals surface area contributed by atoms with Crippen molar-refractivity contribution in [2.45, 2.75) is 160 Å². The van der Waals surface area contributed by atoms with Gasteiger partial charge in [0.05, 0.1) is 18.4 Å². The van der Waals surface area contributed by atoms with E-state index in [-0.39, 0.29) is 36.4 Å². The summed E-state index contributed by atoms with van der Waals surface area (Å²) in [5, 5.41) is 14.1. The van der Waals surface area contributed by atoms with Crippen LogP contribution in [-0.4, -0.2) is 61.3 Å². The zero-order chi connectivity index (χ0) is 29.6. The number of ether oxygens (including phenoxy) is 3. The van der Waals surface area contributed by atoms with E-state index in [2.05, 4.69) is 5.32 Å². The lowest BCUT2D eigenvalue weighted by Gasteiger charge is -2.45. The summed E-state index contributed by atoms with van der Waals surface area (Å²) in [4.78, 5) is 24.0. The molecule has 0 amide bonds. The molecule has 2 aliphatic carbocycles. The first kappa shape index (κ1) is 34.3. The number of nitrogens with two attached hydrogens (primary N) is 1. The molecule has 8 unspecified atom stereocenters. The second-order valence-corrected chi connectivity index (χ2v) is 13.4. The largest absolute Gasteiger partial charge is 0.462 e. The molecule has 3 fully saturated rings. The molecule has 4 N–H and O–H groups in total. The third kappa shape index (κ3) is 12.5. The van der Waals surface area contributed by atoms with E-state index in [1.807, 2.05) is 0 Å². The fraction of sp³-hybridized carbons (Fsp3) is 0.939. The molecule has 3 rings (SSSR count). The summed E-state index contributed by atoms with van der Waals surface area (Å²) >= 11 is 0. The molecule has 1 aliphatic heterocycles. The molecule has 0 aromatic carbocycles. The standard InChI is InChI=1S/C33H60N2O6/c1-23(36)40-28(14-10-5-4-7-11-25-12-8-6-9-13-25)21-29(41-24(2)37)16-15-26-19-32(39-3)31(38)22-30(26)27-17-18-35-33(34)20-27/h25-33,35,38H,4-22,34H2,1-3H3. The number of piperidine rings is 1. The van der Waals surface area contributed by atoms with Crippen LogP contribution in [0, 0.1) is 23.7 Å². The van der Waals surface area contributed by atoms with E-state index in [0.717, 1.165) is 63.8 Å². The van der Waals surface area contributed by atoms with Gasteiger partial charge in [-0.1, -0.05) is 57.8 Å². The molecular weight excluding hydrogens is 520 g/mol. The molecule has 1 saturated heterocycles. The summed E-state index contributed by atoms with van der Waals surface area (Å²) in [6, 6.07) is 0. The number of aliphatic hydroxyl groups is 1. The number of hydrogen-bond donors (Lipinski definition) is 3. The van der Waals surface area contributed by atoms with Crippen LogP contribution in [0.5, 0.6) is 0 Å². The molecular formula is C33H60N2O6. The first-order valence-electron chi connectivity index (χ1n) is 16.8. The third-order valence-corrected chi connectivity index (χ3v) is 10.1. The van der Waals surface area contributed by atoms with Crippen molar-refractivity contribution in [3.63, 3.8) is 0 Å². The molecule has 0 radical (unpaired) electrons. The van der Waals surface area contributed by atoms with Crippen molar-refractivity contribution in [1.82, 2.24) is 5.32 Å². The predicted molar refractivity (Wildman–Crippen MR) is 161 cm³/mol. The maximum absolute atomic E-state index is 12.1. The number of esters is 2. The van der Waals surface area contributed by atoms with Crippen LogP contribution in [0.1, 0.15) is 129 Å². The highest BCUT2D eigenvalue weighted by Crippen LogP contribution is 2.43. The van der Waals surface area contributed by atoms with E-state index < -0.39 is 6.10 Å². The minimum atomic E-state index is -0.465. The van der Waals surface area contributed by atoms with E-state index in [1.165, 1.54) is 65.2 Å². The number of methoxy groups -OCH3 is 1. The smallest absolute Gasteiger partial charge is 0.302 e. The molecule has 41 heavy (non-hydrogen) atoms. The van der Waals surface area contributed by atoms with Gasteiger partial charge in [0.25, 0.3) is 0 Å².